The van der Waals surface area contributed by atoms with Crippen LogP contribution in [0.15, 0.2) is 0 Å². The Bertz CT molecular complexity index is 282. The fourth-order valence-corrected chi connectivity index (χ4v) is 2.11. The molecule has 0 N–H and O–H groups in total. The van der Waals surface area contributed by atoms with Crippen LogP contribution in [-0.2, 0) is 19.0 Å². The Balaban J connectivity index is 1.94. The monoisotopic (exact) mass is 286 g/mol. The van der Waals surface area contributed by atoms with Crippen molar-refractivity contribution < 1.29 is 19.0 Å². The van der Waals surface area contributed by atoms with Crippen LogP contribution in [0, 0.1) is 5.92 Å². The lowest BCUT2D eigenvalue weighted by Gasteiger charge is -2.17. The average Bonchev–Trinajstić information content (AvgIpc) is 3.16. The SMILES string of the molecule is CC(C)OCCCOCCCOC1(C(=O)C(C)C)CC1. The number of Topliss-reactive ketones (excluding diaryl/α,β-unsaturated/α-hetero) is 1. The molecule has 0 aromatic heterocycles. The first-order chi connectivity index (χ1) is 9.48. The summed E-state index contributed by atoms with van der Waals surface area (Å²) >= 11 is 0. The Hall–Kier alpha value is -0.450. The van der Waals surface area contributed by atoms with Crippen molar-refractivity contribution in [3.05, 3.63) is 0 Å². The molecule has 0 radical (unpaired) electrons. The van der Waals surface area contributed by atoms with Crippen molar-refractivity contribution in [2.75, 3.05) is 26.4 Å². The summed E-state index contributed by atoms with van der Waals surface area (Å²) in [6, 6.07) is 0. The first-order valence-electron chi connectivity index (χ1n) is 7.85. The number of rotatable bonds is 12. The van der Waals surface area contributed by atoms with Gasteiger partial charge in [-0.3, -0.25) is 4.79 Å². The maximum Gasteiger partial charge on any atom is 0.167 e. The van der Waals surface area contributed by atoms with Crippen LogP contribution >= 0.6 is 0 Å². The maximum atomic E-state index is 12.0. The normalized spacial score (nSPS) is 16.9. The van der Waals surface area contributed by atoms with Crippen molar-refractivity contribution in [2.24, 2.45) is 5.92 Å². The lowest BCUT2D eigenvalue weighted by molar-refractivity contribution is -0.137. The van der Waals surface area contributed by atoms with Crippen LogP contribution in [0.2, 0.25) is 0 Å². The van der Waals surface area contributed by atoms with Gasteiger partial charge in [-0.2, -0.15) is 0 Å². The van der Waals surface area contributed by atoms with Gasteiger partial charge in [0.25, 0.3) is 0 Å². The molecule has 0 amide bonds. The summed E-state index contributed by atoms with van der Waals surface area (Å²) in [5.74, 6) is 0.318. The van der Waals surface area contributed by atoms with E-state index in [0.717, 1.165) is 38.9 Å². The smallest absolute Gasteiger partial charge is 0.167 e. The highest BCUT2D eigenvalue weighted by atomic mass is 16.5. The molecule has 20 heavy (non-hydrogen) atoms. The van der Waals surface area contributed by atoms with Crippen LogP contribution in [0.3, 0.4) is 0 Å². The Kier molecular flexibility index (Phi) is 7.70. The van der Waals surface area contributed by atoms with Gasteiger partial charge >= 0.3 is 0 Å². The molecule has 0 atom stereocenters. The van der Waals surface area contributed by atoms with E-state index in [9.17, 15) is 4.79 Å². The molecule has 0 aromatic rings. The fraction of sp³-hybridized carbons (Fsp3) is 0.938. The fourth-order valence-electron chi connectivity index (χ4n) is 2.11. The summed E-state index contributed by atoms with van der Waals surface area (Å²) in [4.78, 5) is 12.0. The first-order valence-corrected chi connectivity index (χ1v) is 7.85. The molecule has 1 saturated carbocycles. The number of carbonyl (C=O) groups excluding carboxylic acids is 1. The zero-order chi connectivity index (χ0) is 15.0. The second kappa shape index (κ2) is 8.75. The third kappa shape index (κ3) is 6.33. The third-order valence-electron chi connectivity index (χ3n) is 3.37. The van der Waals surface area contributed by atoms with Crippen LogP contribution in [0.25, 0.3) is 0 Å². The van der Waals surface area contributed by atoms with Gasteiger partial charge in [0.15, 0.2) is 5.78 Å². The first kappa shape index (κ1) is 17.6. The lowest BCUT2D eigenvalue weighted by atomic mass is 10.0. The predicted octanol–water partition coefficient (Wildman–Crippen LogP) is 2.98. The molecular formula is C16H30O4. The Labute approximate surface area is 123 Å². The number of ether oxygens (including phenoxy) is 3. The molecule has 1 fully saturated rings. The van der Waals surface area contributed by atoms with E-state index in [1.54, 1.807) is 0 Å². The van der Waals surface area contributed by atoms with E-state index < -0.39 is 5.60 Å². The molecule has 118 valence electrons. The zero-order valence-corrected chi connectivity index (χ0v) is 13.4. The number of carbonyl (C=O) groups is 1. The molecule has 4 heteroatoms. The van der Waals surface area contributed by atoms with E-state index in [0.29, 0.717) is 13.2 Å². The van der Waals surface area contributed by atoms with Gasteiger partial charge in [-0.05, 0) is 39.5 Å². The molecule has 4 nitrogen and oxygen atoms in total. The topological polar surface area (TPSA) is 44.8 Å². The van der Waals surface area contributed by atoms with Crippen molar-refractivity contribution in [3.8, 4) is 0 Å². The van der Waals surface area contributed by atoms with Gasteiger partial charge in [-0.15, -0.1) is 0 Å². The molecule has 1 aliphatic rings. The summed E-state index contributed by atoms with van der Waals surface area (Å²) in [7, 11) is 0. The Morgan fingerprint density at radius 1 is 1.00 bits per heavy atom. The third-order valence-corrected chi connectivity index (χ3v) is 3.37. The number of ketones is 1. The van der Waals surface area contributed by atoms with E-state index >= 15 is 0 Å². The van der Waals surface area contributed by atoms with Gasteiger partial charge in [-0.1, -0.05) is 13.8 Å². The maximum absolute atomic E-state index is 12.0. The summed E-state index contributed by atoms with van der Waals surface area (Å²) in [5, 5.41) is 0. The van der Waals surface area contributed by atoms with E-state index in [-0.39, 0.29) is 17.8 Å². The molecule has 1 rings (SSSR count). The van der Waals surface area contributed by atoms with Crippen LogP contribution < -0.4 is 0 Å². The van der Waals surface area contributed by atoms with Crippen LogP contribution in [0.5, 0.6) is 0 Å². The van der Waals surface area contributed by atoms with Gasteiger partial charge in [-0.25, -0.2) is 0 Å². The minimum atomic E-state index is -0.445. The minimum absolute atomic E-state index is 0.0645. The molecule has 0 unspecified atom stereocenters. The van der Waals surface area contributed by atoms with Gasteiger partial charge in [0, 0.05) is 25.7 Å². The van der Waals surface area contributed by atoms with Gasteiger partial charge in [0.05, 0.1) is 12.7 Å². The second-order valence-electron chi connectivity index (χ2n) is 6.10. The Morgan fingerprint density at radius 2 is 1.60 bits per heavy atom. The quantitative estimate of drug-likeness (QED) is 0.517. The molecule has 0 spiro atoms. The summed E-state index contributed by atoms with van der Waals surface area (Å²) in [6.07, 6.45) is 3.83. The highest BCUT2D eigenvalue weighted by Crippen LogP contribution is 2.42. The van der Waals surface area contributed by atoms with Crippen LogP contribution in [0.4, 0.5) is 0 Å². The van der Waals surface area contributed by atoms with Crippen molar-refractivity contribution in [1.82, 2.24) is 0 Å². The minimum Gasteiger partial charge on any atom is -0.381 e. The van der Waals surface area contributed by atoms with Crippen molar-refractivity contribution in [3.63, 3.8) is 0 Å². The van der Waals surface area contributed by atoms with Gasteiger partial charge in [0.2, 0.25) is 0 Å². The van der Waals surface area contributed by atoms with E-state index in [1.165, 1.54) is 0 Å². The summed E-state index contributed by atoms with van der Waals surface area (Å²) in [6.45, 7) is 10.7. The number of hydrogen-bond donors (Lipinski definition) is 0. The predicted molar refractivity (Wildman–Crippen MR) is 78.9 cm³/mol. The molecule has 0 bridgehead atoms. The molecule has 1 aliphatic carbocycles. The molecule has 0 heterocycles. The highest BCUT2D eigenvalue weighted by molar-refractivity contribution is 5.91. The largest absolute Gasteiger partial charge is 0.381 e. The highest BCUT2D eigenvalue weighted by Gasteiger charge is 2.51. The van der Waals surface area contributed by atoms with Crippen LogP contribution in [0.1, 0.15) is 53.4 Å². The Morgan fingerprint density at radius 3 is 2.10 bits per heavy atom. The molecule has 0 aliphatic heterocycles. The molecular weight excluding hydrogens is 256 g/mol. The number of hydrogen-bond acceptors (Lipinski definition) is 4. The van der Waals surface area contributed by atoms with Crippen LogP contribution in [-0.4, -0.2) is 43.9 Å². The molecule has 0 aromatic carbocycles. The van der Waals surface area contributed by atoms with Crippen molar-refractivity contribution in [2.45, 2.75) is 65.1 Å². The average molecular weight is 286 g/mol. The zero-order valence-electron chi connectivity index (χ0n) is 13.4. The summed E-state index contributed by atoms with van der Waals surface area (Å²) < 4.78 is 16.7. The molecule has 0 saturated heterocycles. The van der Waals surface area contributed by atoms with E-state index in [4.69, 9.17) is 14.2 Å². The van der Waals surface area contributed by atoms with E-state index in [1.807, 2.05) is 27.7 Å². The second-order valence-corrected chi connectivity index (χ2v) is 6.10. The lowest BCUT2D eigenvalue weighted by Crippen LogP contribution is -2.30. The van der Waals surface area contributed by atoms with Gasteiger partial charge < -0.3 is 14.2 Å². The standard InChI is InChI=1S/C16H30O4/c1-13(2)15(17)16(7-8-16)20-12-6-10-18-9-5-11-19-14(3)4/h13-14H,5-12H2,1-4H3. The van der Waals surface area contributed by atoms with Crippen molar-refractivity contribution in [1.29, 1.82) is 0 Å². The van der Waals surface area contributed by atoms with Gasteiger partial charge in [0.1, 0.15) is 5.60 Å². The van der Waals surface area contributed by atoms with Crippen molar-refractivity contribution >= 4 is 5.78 Å². The van der Waals surface area contributed by atoms with E-state index in [2.05, 4.69) is 0 Å². The summed E-state index contributed by atoms with van der Waals surface area (Å²) in [5.41, 5.74) is -0.445.